The van der Waals surface area contributed by atoms with Gasteiger partial charge in [0.05, 0.1) is 22.9 Å². The molecule has 10 heteroatoms. The molecular formula is C24H24ClN3O5S. The first-order valence-corrected chi connectivity index (χ1v) is 12.2. The van der Waals surface area contributed by atoms with E-state index in [1.54, 1.807) is 56.3 Å². The van der Waals surface area contributed by atoms with Crippen LogP contribution in [0.15, 0.2) is 82.8 Å². The van der Waals surface area contributed by atoms with E-state index in [4.69, 9.17) is 16.3 Å². The zero-order valence-electron chi connectivity index (χ0n) is 18.6. The van der Waals surface area contributed by atoms with Crippen LogP contribution in [0.25, 0.3) is 0 Å². The lowest BCUT2D eigenvalue weighted by Crippen LogP contribution is -2.40. The molecule has 0 unspecified atom stereocenters. The van der Waals surface area contributed by atoms with Crippen LogP contribution in [-0.4, -0.2) is 38.3 Å². The molecule has 2 N–H and O–H groups in total. The Morgan fingerprint density at radius 1 is 1.06 bits per heavy atom. The number of hydrogen-bond donors (Lipinski definition) is 2. The molecule has 0 atom stereocenters. The fourth-order valence-corrected chi connectivity index (χ4v) is 4.68. The maximum Gasteiger partial charge on any atom is 0.264 e. The van der Waals surface area contributed by atoms with Crippen molar-refractivity contribution in [3.63, 3.8) is 0 Å². The topological polar surface area (TPSA) is 108 Å². The summed E-state index contributed by atoms with van der Waals surface area (Å²) in [6.07, 6.45) is 0. The van der Waals surface area contributed by atoms with E-state index in [0.717, 1.165) is 4.31 Å². The summed E-state index contributed by atoms with van der Waals surface area (Å²) in [5, 5.41) is 14.4. The number of hydrazone groups is 1. The van der Waals surface area contributed by atoms with Crippen LogP contribution in [0, 0.1) is 0 Å². The Bertz CT molecular complexity index is 1290. The Hall–Kier alpha value is -3.56. The lowest BCUT2D eigenvalue weighted by molar-refractivity contribution is -0.119. The van der Waals surface area contributed by atoms with Crippen LogP contribution in [0.2, 0.25) is 5.02 Å². The third kappa shape index (κ3) is 5.86. The lowest BCUT2D eigenvalue weighted by atomic mass is 10.1. The number of rotatable bonds is 9. The molecule has 0 fully saturated rings. The Morgan fingerprint density at radius 2 is 1.71 bits per heavy atom. The highest BCUT2D eigenvalue weighted by Gasteiger charge is 2.29. The zero-order chi connectivity index (χ0) is 24.7. The number of carbonyl (C=O) groups is 1. The molecule has 34 heavy (non-hydrogen) atoms. The lowest BCUT2D eigenvalue weighted by Gasteiger charge is -2.25. The zero-order valence-corrected chi connectivity index (χ0v) is 20.2. The van der Waals surface area contributed by atoms with Gasteiger partial charge in [0.1, 0.15) is 18.0 Å². The van der Waals surface area contributed by atoms with Gasteiger partial charge >= 0.3 is 0 Å². The van der Waals surface area contributed by atoms with Gasteiger partial charge in [-0.05, 0) is 62.4 Å². The summed E-state index contributed by atoms with van der Waals surface area (Å²) in [6.45, 7) is 3.13. The Labute approximate surface area is 203 Å². The smallest absolute Gasteiger partial charge is 0.264 e. The number of hydrogen-bond acceptors (Lipinski definition) is 6. The van der Waals surface area contributed by atoms with Crippen molar-refractivity contribution in [3.05, 3.63) is 83.4 Å². The number of ether oxygens (including phenoxy) is 1. The van der Waals surface area contributed by atoms with E-state index in [9.17, 15) is 18.3 Å². The number of aromatic hydroxyl groups is 1. The number of phenols is 1. The first-order chi connectivity index (χ1) is 16.2. The predicted molar refractivity (Wildman–Crippen MR) is 132 cm³/mol. The van der Waals surface area contributed by atoms with E-state index in [-0.39, 0.29) is 16.3 Å². The van der Waals surface area contributed by atoms with Gasteiger partial charge in [-0.1, -0.05) is 35.9 Å². The predicted octanol–water partition coefficient (Wildman–Crippen LogP) is 4.18. The molecule has 8 nitrogen and oxygen atoms in total. The number of benzene rings is 3. The molecule has 0 aliphatic rings. The Kier molecular flexibility index (Phi) is 8.14. The highest BCUT2D eigenvalue weighted by Crippen LogP contribution is 2.32. The molecule has 0 aliphatic carbocycles. The second-order valence-electron chi connectivity index (χ2n) is 7.12. The number of nitrogens with one attached hydrogen (secondary N) is 1. The van der Waals surface area contributed by atoms with Crippen molar-refractivity contribution in [1.29, 1.82) is 0 Å². The number of sulfonamides is 1. The van der Waals surface area contributed by atoms with Crippen molar-refractivity contribution in [2.45, 2.75) is 18.7 Å². The molecular weight excluding hydrogens is 478 g/mol. The van der Waals surface area contributed by atoms with Gasteiger partial charge in [0, 0.05) is 10.6 Å². The molecule has 1 amide bonds. The second kappa shape index (κ2) is 11.0. The molecule has 0 aromatic heterocycles. The SMILES string of the molecule is CCOc1ccccc1N(CC(=O)N/N=C(/C)c1ccccc1O)S(=O)(=O)c1ccc(Cl)cc1. The number of carbonyl (C=O) groups excluding carboxylic acids is 1. The van der Waals surface area contributed by atoms with Gasteiger partial charge in [-0.2, -0.15) is 5.10 Å². The Morgan fingerprint density at radius 3 is 2.38 bits per heavy atom. The maximum absolute atomic E-state index is 13.5. The summed E-state index contributed by atoms with van der Waals surface area (Å²) in [6, 6.07) is 18.7. The first-order valence-electron chi connectivity index (χ1n) is 10.4. The van der Waals surface area contributed by atoms with E-state index in [1.165, 1.54) is 30.3 Å². The summed E-state index contributed by atoms with van der Waals surface area (Å²) >= 11 is 5.92. The van der Waals surface area contributed by atoms with Gasteiger partial charge in [0.2, 0.25) is 0 Å². The molecule has 0 aliphatic heterocycles. The highest BCUT2D eigenvalue weighted by atomic mass is 35.5. The summed E-state index contributed by atoms with van der Waals surface area (Å²) in [5.41, 5.74) is 3.36. The summed E-state index contributed by atoms with van der Waals surface area (Å²) in [5.74, 6) is -0.363. The fourth-order valence-electron chi connectivity index (χ4n) is 3.13. The standard InChI is InChI=1S/C24H24ClN3O5S/c1-3-33-23-11-7-5-9-21(23)28(34(31,32)19-14-12-18(25)13-15-19)16-24(30)27-26-17(2)20-8-4-6-10-22(20)29/h4-15,29H,3,16H2,1-2H3,(H,27,30)/b26-17-. The van der Waals surface area contributed by atoms with E-state index in [0.29, 0.717) is 28.7 Å². The maximum atomic E-state index is 13.5. The van der Waals surface area contributed by atoms with Crippen molar-refractivity contribution >= 4 is 38.9 Å². The van der Waals surface area contributed by atoms with Crippen LogP contribution in [0.4, 0.5) is 5.69 Å². The van der Waals surface area contributed by atoms with Crippen molar-refractivity contribution in [1.82, 2.24) is 5.43 Å². The van der Waals surface area contributed by atoms with Crippen LogP contribution >= 0.6 is 11.6 Å². The van der Waals surface area contributed by atoms with E-state index in [2.05, 4.69) is 10.5 Å². The molecule has 178 valence electrons. The minimum Gasteiger partial charge on any atom is -0.507 e. The van der Waals surface area contributed by atoms with Gasteiger partial charge in [0.25, 0.3) is 15.9 Å². The van der Waals surface area contributed by atoms with Gasteiger partial charge < -0.3 is 9.84 Å². The van der Waals surface area contributed by atoms with E-state index in [1.807, 2.05) is 0 Å². The third-order valence-corrected chi connectivity index (χ3v) is 6.79. The fraction of sp³-hybridized carbons (Fsp3) is 0.167. The van der Waals surface area contributed by atoms with Crippen LogP contribution < -0.4 is 14.5 Å². The summed E-state index contributed by atoms with van der Waals surface area (Å²) in [7, 11) is -4.16. The average Bonchev–Trinajstić information content (AvgIpc) is 2.82. The molecule has 0 bridgehead atoms. The minimum atomic E-state index is -4.16. The van der Waals surface area contributed by atoms with Crippen molar-refractivity contribution < 1.29 is 23.1 Å². The molecule has 3 rings (SSSR count). The second-order valence-corrected chi connectivity index (χ2v) is 9.41. The van der Waals surface area contributed by atoms with E-state index < -0.39 is 22.5 Å². The average molecular weight is 502 g/mol. The number of halogens is 1. The van der Waals surface area contributed by atoms with E-state index >= 15 is 0 Å². The molecule has 0 radical (unpaired) electrons. The molecule has 0 heterocycles. The van der Waals surface area contributed by atoms with Gasteiger partial charge in [-0.3, -0.25) is 9.10 Å². The normalized spacial score (nSPS) is 11.7. The summed E-state index contributed by atoms with van der Waals surface area (Å²) in [4.78, 5) is 12.8. The Balaban J connectivity index is 1.94. The van der Waals surface area contributed by atoms with Crippen molar-refractivity contribution in [3.8, 4) is 11.5 Å². The van der Waals surface area contributed by atoms with Crippen LogP contribution in [0.3, 0.4) is 0 Å². The minimum absolute atomic E-state index is 0.00980. The van der Waals surface area contributed by atoms with Crippen molar-refractivity contribution in [2.24, 2.45) is 5.10 Å². The molecule has 0 spiro atoms. The van der Waals surface area contributed by atoms with Crippen LogP contribution in [0.5, 0.6) is 11.5 Å². The first kappa shape index (κ1) is 25.1. The number of anilines is 1. The monoisotopic (exact) mass is 501 g/mol. The molecule has 3 aromatic rings. The molecule has 0 saturated heterocycles. The number of phenolic OH excluding ortho intramolecular Hbond substituents is 1. The number of para-hydroxylation sites is 3. The number of amides is 1. The van der Waals surface area contributed by atoms with Gasteiger partial charge in [0.15, 0.2) is 0 Å². The van der Waals surface area contributed by atoms with Crippen LogP contribution in [-0.2, 0) is 14.8 Å². The number of nitrogens with zero attached hydrogens (tertiary/aromatic N) is 2. The van der Waals surface area contributed by atoms with Crippen LogP contribution in [0.1, 0.15) is 19.4 Å². The van der Waals surface area contributed by atoms with Gasteiger partial charge in [-0.15, -0.1) is 0 Å². The van der Waals surface area contributed by atoms with Crippen molar-refractivity contribution in [2.75, 3.05) is 17.5 Å². The van der Waals surface area contributed by atoms with Gasteiger partial charge in [-0.25, -0.2) is 13.8 Å². The molecule has 3 aromatic carbocycles. The molecule has 0 saturated carbocycles. The largest absolute Gasteiger partial charge is 0.507 e. The third-order valence-electron chi connectivity index (χ3n) is 4.76. The highest BCUT2D eigenvalue weighted by molar-refractivity contribution is 7.92. The quantitative estimate of drug-likeness (QED) is 0.338. The summed E-state index contributed by atoms with van der Waals surface area (Å²) < 4.78 is 33.6.